The Balaban J connectivity index is 1.39. The van der Waals surface area contributed by atoms with Crippen molar-refractivity contribution >= 4 is 45.5 Å². The summed E-state index contributed by atoms with van der Waals surface area (Å²) in [7, 11) is 0. The summed E-state index contributed by atoms with van der Waals surface area (Å²) in [4.78, 5) is 20.5. The molecule has 2 aliphatic rings. The fraction of sp³-hybridized carbons (Fsp3) is 0.267. The van der Waals surface area contributed by atoms with Crippen LogP contribution in [0.25, 0.3) is 10.9 Å². The van der Waals surface area contributed by atoms with Crippen LogP contribution in [0.1, 0.15) is 29.8 Å². The third kappa shape index (κ3) is 6.05. The molecular weight excluding hydrogens is 551 g/mol. The van der Waals surface area contributed by atoms with Gasteiger partial charge in [-0.05, 0) is 67.0 Å². The quantitative estimate of drug-likeness (QED) is 0.217. The number of halogens is 2. The first kappa shape index (κ1) is 27.9. The van der Waals surface area contributed by atoms with Gasteiger partial charge in [0.25, 0.3) is 0 Å². The number of rotatable bonds is 8. The number of amides is 1. The molecule has 1 atom stereocenters. The second kappa shape index (κ2) is 12.2. The van der Waals surface area contributed by atoms with Crippen LogP contribution in [0.4, 0.5) is 9.18 Å². The molecule has 1 fully saturated rings. The summed E-state index contributed by atoms with van der Waals surface area (Å²) >= 11 is 7.85. The number of benzene rings is 2. The maximum Gasteiger partial charge on any atom is 0.416 e. The van der Waals surface area contributed by atoms with Crippen LogP contribution in [0.15, 0.2) is 78.9 Å². The lowest BCUT2D eigenvalue weighted by molar-refractivity contribution is 0.116. The standard InChI is InChI=1S/C30H30ClFN4O3S/c1-3-22(32)8-4-19(2)39-30(37)36-13-12-24-25-18-21(31)7-11-26(25)34-27(24)28(36)20-5-9-23(10-6-20)38-16-14-35-15-17-40-29(35)33/h3-11,18,28,33-34H,2,12-17H2,1H3. The van der Waals surface area contributed by atoms with E-state index >= 15 is 0 Å². The molecule has 0 radical (unpaired) electrons. The predicted octanol–water partition coefficient (Wildman–Crippen LogP) is 7.21. The third-order valence-electron chi connectivity index (χ3n) is 6.96. The number of thioether (sulfide) groups is 1. The van der Waals surface area contributed by atoms with Crippen LogP contribution in [-0.4, -0.2) is 58.0 Å². The van der Waals surface area contributed by atoms with E-state index in [9.17, 15) is 9.18 Å². The zero-order chi connectivity index (χ0) is 28.2. The Kier molecular flexibility index (Phi) is 8.52. The molecule has 0 spiro atoms. The van der Waals surface area contributed by atoms with Gasteiger partial charge in [0.2, 0.25) is 0 Å². The highest BCUT2D eigenvalue weighted by Crippen LogP contribution is 2.40. The van der Waals surface area contributed by atoms with E-state index in [1.165, 1.54) is 18.2 Å². The minimum atomic E-state index is -0.575. The SMILES string of the molecule is C=C(C=CC(F)=CC)OC(=O)N1CCc2c([nH]c3ccc(Cl)cc23)C1c1ccc(OCCN2CCSC2=N)cc1. The lowest BCUT2D eigenvalue weighted by atomic mass is 9.92. The molecule has 3 heterocycles. The van der Waals surface area contributed by atoms with Crippen molar-refractivity contribution in [3.8, 4) is 5.75 Å². The Morgan fingerprint density at radius 2 is 2.05 bits per heavy atom. The number of nitrogens with zero attached hydrogens (tertiary/aromatic N) is 2. The smallest absolute Gasteiger partial charge is 0.416 e. The zero-order valence-corrected chi connectivity index (χ0v) is 23.7. The van der Waals surface area contributed by atoms with Crippen LogP contribution in [0.3, 0.4) is 0 Å². The normalized spacial score (nSPS) is 17.5. The Labute approximate surface area is 241 Å². The first-order chi connectivity index (χ1) is 19.3. The van der Waals surface area contributed by atoms with E-state index in [4.69, 9.17) is 26.5 Å². The fourth-order valence-corrected chi connectivity index (χ4v) is 6.00. The second-order valence-electron chi connectivity index (χ2n) is 9.45. The van der Waals surface area contributed by atoms with Crippen molar-refractivity contribution in [3.05, 3.63) is 101 Å². The minimum Gasteiger partial charge on any atom is -0.492 e. The molecule has 2 aromatic carbocycles. The summed E-state index contributed by atoms with van der Waals surface area (Å²) in [5.41, 5.74) is 3.81. The Bertz CT molecular complexity index is 1500. The second-order valence-corrected chi connectivity index (χ2v) is 11.0. The molecule has 1 aromatic heterocycles. The molecule has 1 unspecified atom stereocenters. The molecular formula is C30H30ClFN4O3S. The highest BCUT2D eigenvalue weighted by Gasteiger charge is 2.35. The van der Waals surface area contributed by atoms with E-state index in [0.717, 1.165) is 40.0 Å². The molecule has 208 valence electrons. The number of allylic oxidation sites excluding steroid dienone is 4. The van der Waals surface area contributed by atoms with Gasteiger partial charge in [-0.3, -0.25) is 10.3 Å². The van der Waals surface area contributed by atoms with Crippen molar-refractivity contribution in [2.75, 3.05) is 32.0 Å². The van der Waals surface area contributed by atoms with E-state index in [1.807, 2.05) is 47.4 Å². The molecule has 1 saturated heterocycles. The van der Waals surface area contributed by atoms with Gasteiger partial charge in [0.05, 0.1) is 6.54 Å². The summed E-state index contributed by atoms with van der Waals surface area (Å²) < 4.78 is 25.0. The number of fused-ring (bicyclic) bond motifs is 3. The summed E-state index contributed by atoms with van der Waals surface area (Å²) in [6.07, 6.45) is 3.88. The van der Waals surface area contributed by atoms with Crippen molar-refractivity contribution in [2.24, 2.45) is 0 Å². The highest BCUT2D eigenvalue weighted by atomic mass is 35.5. The maximum atomic E-state index is 13.5. The topological polar surface area (TPSA) is 81.7 Å². The van der Waals surface area contributed by atoms with E-state index in [1.54, 1.807) is 23.6 Å². The van der Waals surface area contributed by atoms with Crippen LogP contribution >= 0.6 is 23.4 Å². The largest absolute Gasteiger partial charge is 0.492 e. The van der Waals surface area contributed by atoms with E-state index in [0.29, 0.717) is 42.1 Å². The van der Waals surface area contributed by atoms with Crippen molar-refractivity contribution < 1.29 is 18.7 Å². The number of carbonyl (C=O) groups excluding carboxylic acids is 1. The van der Waals surface area contributed by atoms with Gasteiger partial charge in [0, 0.05) is 40.5 Å². The van der Waals surface area contributed by atoms with Crippen LogP contribution in [-0.2, 0) is 11.2 Å². The van der Waals surface area contributed by atoms with Crippen molar-refractivity contribution in [3.63, 3.8) is 0 Å². The monoisotopic (exact) mass is 580 g/mol. The molecule has 10 heteroatoms. The van der Waals surface area contributed by atoms with Crippen molar-refractivity contribution in [2.45, 2.75) is 19.4 Å². The molecule has 3 aromatic rings. The van der Waals surface area contributed by atoms with E-state index in [-0.39, 0.29) is 5.76 Å². The van der Waals surface area contributed by atoms with Crippen LogP contribution in [0.2, 0.25) is 5.02 Å². The number of amidine groups is 1. The average molecular weight is 581 g/mol. The summed E-state index contributed by atoms with van der Waals surface area (Å²) in [6, 6.07) is 12.9. The molecule has 7 nitrogen and oxygen atoms in total. The lowest BCUT2D eigenvalue weighted by Gasteiger charge is -2.35. The Hall–Kier alpha value is -3.69. The van der Waals surface area contributed by atoms with Gasteiger partial charge in [0.15, 0.2) is 5.17 Å². The van der Waals surface area contributed by atoms with Gasteiger partial charge in [-0.25, -0.2) is 9.18 Å². The highest BCUT2D eigenvalue weighted by molar-refractivity contribution is 8.14. The van der Waals surface area contributed by atoms with Crippen LogP contribution in [0.5, 0.6) is 5.75 Å². The molecule has 2 N–H and O–H groups in total. The predicted molar refractivity (Wildman–Crippen MR) is 159 cm³/mol. The minimum absolute atomic E-state index is 0.0446. The molecule has 5 rings (SSSR count). The number of H-pyrrole nitrogens is 1. The number of hydrogen-bond acceptors (Lipinski definition) is 5. The van der Waals surface area contributed by atoms with Gasteiger partial charge < -0.3 is 19.4 Å². The molecule has 0 bridgehead atoms. The van der Waals surface area contributed by atoms with Gasteiger partial charge >= 0.3 is 6.09 Å². The number of hydrogen-bond donors (Lipinski definition) is 2. The molecule has 0 saturated carbocycles. The van der Waals surface area contributed by atoms with Gasteiger partial charge in [0.1, 0.15) is 30.0 Å². The summed E-state index contributed by atoms with van der Waals surface area (Å²) in [5, 5.41) is 10.2. The molecule has 40 heavy (non-hydrogen) atoms. The third-order valence-corrected chi connectivity index (χ3v) is 8.11. The average Bonchev–Trinajstić information content (AvgIpc) is 3.54. The molecule has 0 aliphatic carbocycles. The van der Waals surface area contributed by atoms with Gasteiger partial charge in [-0.2, -0.15) is 0 Å². The van der Waals surface area contributed by atoms with E-state index in [2.05, 4.69) is 11.6 Å². The zero-order valence-electron chi connectivity index (χ0n) is 22.1. The van der Waals surface area contributed by atoms with Crippen LogP contribution < -0.4 is 4.74 Å². The summed E-state index contributed by atoms with van der Waals surface area (Å²) in [5.74, 6) is 1.24. The Morgan fingerprint density at radius 1 is 1.25 bits per heavy atom. The number of nitrogens with one attached hydrogen (secondary N) is 2. The molecule has 2 aliphatic heterocycles. The number of aromatic nitrogens is 1. The molecule has 1 amide bonds. The number of ether oxygens (including phenoxy) is 2. The Morgan fingerprint density at radius 3 is 2.77 bits per heavy atom. The fourth-order valence-electron chi connectivity index (χ4n) is 4.96. The maximum absolute atomic E-state index is 13.5. The van der Waals surface area contributed by atoms with E-state index < -0.39 is 18.0 Å². The first-order valence-corrected chi connectivity index (χ1v) is 14.4. The van der Waals surface area contributed by atoms with Crippen molar-refractivity contribution in [1.82, 2.24) is 14.8 Å². The lowest BCUT2D eigenvalue weighted by Crippen LogP contribution is -2.40. The van der Waals surface area contributed by atoms with Gasteiger partial charge in [-0.1, -0.05) is 48.2 Å². The summed E-state index contributed by atoms with van der Waals surface area (Å²) in [6.45, 7) is 7.73. The van der Waals surface area contributed by atoms with Crippen molar-refractivity contribution in [1.29, 1.82) is 5.41 Å². The first-order valence-electron chi connectivity index (χ1n) is 13.0. The number of carbonyl (C=O) groups is 1. The van der Waals surface area contributed by atoms with Gasteiger partial charge in [-0.15, -0.1) is 0 Å². The van der Waals surface area contributed by atoms with Crippen LogP contribution in [0, 0.1) is 5.41 Å². The number of aromatic amines is 1.